The van der Waals surface area contributed by atoms with E-state index in [-0.39, 0.29) is 71.0 Å². The number of carbonyl (C=O) groups is 7. The van der Waals surface area contributed by atoms with Crippen molar-refractivity contribution in [1.29, 1.82) is 5.26 Å². The third-order valence-corrected chi connectivity index (χ3v) is 12.4. The second-order valence-corrected chi connectivity index (χ2v) is 17.3. The predicted molar refractivity (Wildman–Crippen MR) is 244 cm³/mol. The number of nitriles is 1. The number of carbonyl (C=O) groups excluding carboxylic acids is 6. The van der Waals surface area contributed by atoms with Gasteiger partial charge in [0.1, 0.15) is 17.3 Å². The molecule has 0 saturated heterocycles. The average Bonchev–Trinajstić information content (AvgIpc) is 3.78. The first-order valence-electron chi connectivity index (χ1n) is 21.0. The number of nitrogens with zero attached hydrogens (tertiary/aromatic N) is 7. The molecule has 3 aliphatic carbocycles. The first-order chi connectivity index (χ1) is 31.3. The zero-order valence-corrected chi connectivity index (χ0v) is 38.2. The van der Waals surface area contributed by atoms with Crippen LogP contribution in [0.3, 0.4) is 0 Å². The van der Waals surface area contributed by atoms with Gasteiger partial charge in [-0.25, -0.2) is 14.4 Å². The summed E-state index contributed by atoms with van der Waals surface area (Å²) in [4.78, 5) is 117. The molecule has 3 saturated carbocycles. The third-order valence-electron chi connectivity index (χ3n) is 11.9. The van der Waals surface area contributed by atoms with E-state index in [1.807, 2.05) is 42.5 Å². The van der Waals surface area contributed by atoms with Crippen LogP contribution in [0.15, 0.2) is 73.5 Å². The molecule has 3 unspecified atom stereocenters. The summed E-state index contributed by atoms with van der Waals surface area (Å²) in [5.74, 6) is -1.55. The Balaban J connectivity index is 0.000000157. The molecule has 9 rings (SSSR count). The smallest absolute Gasteiger partial charge is 0.329 e. The fourth-order valence-electron chi connectivity index (χ4n) is 8.61. The highest BCUT2D eigenvalue weighted by Gasteiger charge is 2.34. The Bertz CT molecular complexity index is 3220. The molecular weight excluding hydrogens is 920 g/mol. The van der Waals surface area contributed by atoms with Gasteiger partial charge in [0.2, 0.25) is 0 Å². The van der Waals surface area contributed by atoms with Crippen LogP contribution in [0.25, 0.3) is 33.1 Å². The number of hydrogen-bond donors (Lipinski definition) is 2. The topological polar surface area (TPSA) is 270 Å². The number of aliphatic carboxylic acids is 1. The molecule has 3 aromatic heterocycles. The van der Waals surface area contributed by atoms with Crippen LogP contribution in [0, 0.1) is 11.3 Å². The Hall–Kier alpha value is -7.11. The first-order valence-corrected chi connectivity index (χ1v) is 21.8. The van der Waals surface area contributed by atoms with Gasteiger partial charge < -0.3 is 10.8 Å². The van der Waals surface area contributed by atoms with Gasteiger partial charge in [-0.3, -0.25) is 61.0 Å². The minimum absolute atomic E-state index is 0.0396. The molecule has 0 aliphatic heterocycles. The summed E-state index contributed by atoms with van der Waals surface area (Å²) in [6, 6.07) is 16.4. The lowest BCUT2D eigenvalue weighted by Crippen LogP contribution is -2.34. The molecule has 3 heterocycles. The molecule has 3 aliphatic rings. The molecule has 20 heteroatoms. The maximum Gasteiger partial charge on any atom is 0.329 e. The highest BCUT2D eigenvalue weighted by Crippen LogP contribution is 2.30. The van der Waals surface area contributed by atoms with E-state index in [2.05, 4.69) is 15.9 Å². The van der Waals surface area contributed by atoms with E-state index in [0.29, 0.717) is 67.2 Å². The molecule has 0 amide bonds. The maximum atomic E-state index is 12.5. The molecule has 6 aromatic rings. The standard InChI is InChI=1S/C15H17N3O3.C15H13N3O3.C14H13BrN2O3.C2H4O2/c2*1-17-13-6-9(8-16)2-4-11(13)18(15(17)21)12-5-3-10(19)7-14(12)20;1-16-12-6-8(15)2-4-10(12)17(14(16)20)11-5-3-9(18)7-13(11)19;1-2(3)4/h2,4,6,12H,3,5,7-8,16H2,1H3;2,4,6,12H,3,5,7H2,1H3;2,4,6,11H,3,5,7H2,1H3;1H3,(H,3,4). The minimum Gasteiger partial charge on any atom is -0.481 e. The van der Waals surface area contributed by atoms with Crippen molar-refractivity contribution < 1.29 is 38.7 Å². The second-order valence-electron chi connectivity index (χ2n) is 16.3. The molecule has 344 valence electrons. The largest absolute Gasteiger partial charge is 0.481 e. The third kappa shape index (κ3) is 9.77. The van der Waals surface area contributed by atoms with E-state index in [4.69, 9.17) is 20.9 Å². The molecule has 3 fully saturated rings. The summed E-state index contributed by atoms with van der Waals surface area (Å²) >= 11 is 3.38. The lowest BCUT2D eigenvalue weighted by atomic mass is 9.93. The van der Waals surface area contributed by atoms with E-state index in [1.165, 1.54) is 27.4 Å². The zero-order chi connectivity index (χ0) is 48.3. The van der Waals surface area contributed by atoms with Crippen molar-refractivity contribution >= 4 is 89.7 Å². The summed E-state index contributed by atoms with van der Waals surface area (Å²) in [7, 11) is 4.98. The number of aryl methyl sites for hydroxylation is 3. The number of aromatic nitrogens is 6. The first kappa shape index (κ1) is 48.3. The number of hydrogen-bond acceptors (Lipinski definition) is 12. The van der Waals surface area contributed by atoms with Gasteiger partial charge in [-0.2, -0.15) is 5.26 Å². The molecule has 3 aromatic carbocycles. The van der Waals surface area contributed by atoms with Crippen molar-refractivity contribution in [2.45, 2.75) is 89.4 Å². The molecule has 19 nitrogen and oxygen atoms in total. The van der Waals surface area contributed by atoms with Gasteiger partial charge in [0.05, 0.1) is 82.1 Å². The highest BCUT2D eigenvalue weighted by molar-refractivity contribution is 9.10. The minimum atomic E-state index is -0.833. The number of fused-ring (bicyclic) bond motifs is 3. The lowest BCUT2D eigenvalue weighted by Gasteiger charge is -2.21. The van der Waals surface area contributed by atoms with Crippen LogP contribution in [0.1, 0.15) is 94.0 Å². The number of ketones is 6. The molecule has 0 spiro atoms. The number of carboxylic acid groups (broad SMARTS) is 1. The summed E-state index contributed by atoms with van der Waals surface area (Å²) in [5.41, 5.74) is 10.5. The number of imidazole rings is 3. The zero-order valence-electron chi connectivity index (χ0n) is 36.6. The monoisotopic (exact) mass is 966 g/mol. The van der Waals surface area contributed by atoms with Crippen LogP contribution in [0.2, 0.25) is 0 Å². The Morgan fingerprint density at radius 2 is 0.955 bits per heavy atom. The van der Waals surface area contributed by atoms with Crippen LogP contribution >= 0.6 is 15.9 Å². The molecule has 3 atom stereocenters. The molecule has 3 N–H and O–H groups in total. The van der Waals surface area contributed by atoms with Crippen LogP contribution in [0.5, 0.6) is 0 Å². The Morgan fingerprint density at radius 1 is 0.606 bits per heavy atom. The summed E-state index contributed by atoms with van der Waals surface area (Å²) in [6.45, 7) is 1.48. The number of carboxylic acids is 1. The Labute approximate surface area is 383 Å². The summed E-state index contributed by atoms with van der Waals surface area (Å²) in [5, 5.41) is 16.4. The quantitative estimate of drug-likeness (QED) is 0.238. The van der Waals surface area contributed by atoms with E-state index < -0.39 is 24.1 Å². The number of nitrogens with two attached hydrogens (primary N) is 1. The van der Waals surface area contributed by atoms with Gasteiger partial charge in [-0.15, -0.1) is 0 Å². The second kappa shape index (κ2) is 20.0. The lowest BCUT2D eigenvalue weighted by molar-refractivity contribution is -0.135. The van der Waals surface area contributed by atoms with Crippen LogP contribution in [0.4, 0.5) is 0 Å². The van der Waals surface area contributed by atoms with Crippen LogP contribution < -0.4 is 22.8 Å². The van der Waals surface area contributed by atoms with Crippen molar-refractivity contribution in [2.75, 3.05) is 0 Å². The predicted octanol–water partition coefficient (Wildman–Crippen LogP) is 3.79. The normalized spacial score (nSPS) is 18.6. The highest BCUT2D eigenvalue weighted by atomic mass is 79.9. The summed E-state index contributed by atoms with van der Waals surface area (Å²) < 4.78 is 9.86. The maximum absolute atomic E-state index is 12.5. The molecular formula is C46H47BrN8O11. The van der Waals surface area contributed by atoms with E-state index in [0.717, 1.165) is 33.5 Å². The van der Waals surface area contributed by atoms with Crippen LogP contribution in [-0.2, 0) is 61.2 Å². The van der Waals surface area contributed by atoms with Gasteiger partial charge in [0.25, 0.3) is 5.97 Å². The van der Waals surface area contributed by atoms with Crippen molar-refractivity contribution in [1.82, 2.24) is 27.4 Å². The van der Waals surface area contributed by atoms with Gasteiger partial charge in [0, 0.05) is 58.3 Å². The fourth-order valence-corrected chi connectivity index (χ4v) is 8.96. The molecule has 66 heavy (non-hydrogen) atoms. The number of rotatable bonds is 4. The number of Topliss-reactive ketones (excluding diaryl/α,β-unsaturated/α-hetero) is 6. The molecule has 0 radical (unpaired) electrons. The SMILES string of the molecule is CC(=O)O.Cn1c(=O)n(C2CCC(=O)CC2=O)c2ccc(Br)cc21.Cn1c(=O)n(C2CCC(=O)CC2=O)c2ccc(C#N)cc21.Cn1c(=O)n(C2CCC(=O)CC2=O)c2ccc(CN)cc21. The van der Waals surface area contributed by atoms with Gasteiger partial charge >= 0.3 is 17.1 Å². The number of halogens is 1. The fraction of sp³-hybridized carbons (Fsp3) is 0.370. The van der Waals surface area contributed by atoms with Gasteiger partial charge in [-0.1, -0.05) is 22.0 Å². The van der Waals surface area contributed by atoms with Gasteiger partial charge in [0.15, 0.2) is 17.3 Å². The molecule has 0 bridgehead atoms. The van der Waals surface area contributed by atoms with Crippen molar-refractivity contribution in [3.63, 3.8) is 0 Å². The van der Waals surface area contributed by atoms with Crippen molar-refractivity contribution in [3.05, 3.63) is 102 Å². The summed E-state index contributed by atoms with van der Waals surface area (Å²) in [6.07, 6.45) is 1.94. The van der Waals surface area contributed by atoms with E-state index in [9.17, 15) is 43.2 Å². The Kier molecular flexibility index (Phi) is 14.6. The Morgan fingerprint density at radius 3 is 1.32 bits per heavy atom. The number of benzene rings is 3. The van der Waals surface area contributed by atoms with E-state index in [1.54, 1.807) is 39.3 Å². The van der Waals surface area contributed by atoms with Gasteiger partial charge in [-0.05, 0) is 73.4 Å². The van der Waals surface area contributed by atoms with Crippen molar-refractivity contribution in [3.8, 4) is 6.07 Å². The van der Waals surface area contributed by atoms with Crippen LogP contribution in [-0.4, -0.2) is 73.2 Å². The average molecular weight is 968 g/mol. The van der Waals surface area contributed by atoms with E-state index >= 15 is 0 Å². The van der Waals surface area contributed by atoms with Crippen molar-refractivity contribution in [2.24, 2.45) is 26.9 Å².